The van der Waals surface area contributed by atoms with Crippen molar-refractivity contribution in [3.8, 4) is 0 Å². The van der Waals surface area contributed by atoms with Gasteiger partial charge in [0.15, 0.2) is 0 Å². The second-order valence-electron chi connectivity index (χ2n) is 3.77. The van der Waals surface area contributed by atoms with Gasteiger partial charge in [0.25, 0.3) is 0 Å². The summed E-state index contributed by atoms with van der Waals surface area (Å²) in [5.74, 6) is -0.245. The highest BCUT2D eigenvalue weighted by molar-refractivity contribution is 5.96. The van der Waals surface area contributed by atoms with Crippen molar-refractivity contribution in [1.82, 2.24) is 0 Å². The van der Waals surface area contributed by atoms with Gasteiger partial charge in [0.05, 0.1) is 13.7 Å². The second kappa shape index (κ2) is 4.10. The highest BCUT2D eigenvalue weighted by Crippen LogP contribution is 2.47. The maximum absolute atomic E-state index is 11.9. The molecule has 1 aliphatic carbocycles. The van der Waals surface area contributed by atoms with Crippen LogP contribution in [-0.2, 0) is 19.7 Å². The molecule has 1 atom stereocenters. The molecule has 1 aromatic rings. The molecule has 0 N–H and O–H groups in total. The lowest BCUT2D eigenvalue weighted by molar-refractivity contribution is -0.143. The highest BCUT2D eigenvalue weighted by Gasteiger charge is 2.53. The topological polar surface area (TPSA) is 35.5 Å². The van der Waals surface area contributed by atoms with Crippen molar-refractivity contribution in [2.45, 2.75) is 5.41 Å². The van der Waals surface area contributed by atoms with E-state index in [4.69, 9.17) is 9.47 Å². The zero-order valence-electron chi connectivity index (χ0n) is 9.40. The smallest absolute Gasteiger partial charge is 0.324 e. The standard InChI is InChI=1S/C13H14O3/c1-15-9-11-8-13(11,12(14)16-2)10-6-4-3-5-7-10/h3-8H,9H2,1-2H3. The molecular formula is C13H14O3. The Morgan fingerprint density at radius 2 is 1.94 bits per heavy atom. The third-order valence-corrected chi connectivity index (χ3v) is 2.85. The Labute approximate surface area is 94.7 Å². The van der Waals surface area contributed by atoms with Gasteiger partial charge in [-0.05, 0) is 11.1 Å². The van der Waals surface area contributed by atoms with E-state index in [-0.39, 0.29) is 5.97 Å². The molecule has 0 saturated carbocycles. The Kier molecular flexibility index (Phi) is 2.79. The van der Waals surface area contributed by atoms with Crippen LogP contribution in [0.5, 0.6) is 0 Å². The number of benzene rings is 1. The van der Waals surface area contributed by atoms with Gasteiger partial charge in [0.1, 0.15) is 5.41 Å². The zero-order chi connectivity index (χ0) is 11.6. The third-order valence-electron chi connectivity index (χ3n) is 2.85. The van der Waals surface area contributed by atoms with Crippen LogP contribution in [0.25, 0.3) is 0 Å². The van der Waals surface area contributed by atoms with Crippen molar-refractivity contribution < 1.29 is 14.3 Å². The second-order valence-corrected chi connectivity index (χ2v) is 3.77. The molecule has 0 amide bonds. The van der Waals surface area contributed by atoms with Gasteiger partial charge >= 0.3 is 5.97 Å². The molecule has 84 valence electrons. The molecule has 2 rings (SSSR count). The Bertz CT molecular complexity index is 422. The van der Waals surface area contributed by atoms with Crippen LogP contribution in [0.1, 0.15) is 5.56 Å². The minimum atomic E-state index is -0.675. The van der Waals surface area contributed by atoms with E-state index in [9.17, 15) is 4.79 Å². The molecule has 1 aliphatic rings. The quantitative estimate of drug-likeness (QED) is 0.570. The molecule has 0 radical (unpaired) electrons. The van der Waals surface area contributed by atoms with Crippen LogP contribution >= 0.6 is 0 Å². The fourth-order valence-electron chi connectivity index (χ4n) is 1.97. The van der Waals surface area contributed by atoms with Crippen molar-refractivity contribution in [3.63, 3.8) is 0 Å². The minimum absolute atomic E-state index is 0.245. The van der Waals surface area contributed by atoms with Gasteiger partial charge in [-0.25, -0.2) is 0 Å². The molecule has 0 bridgehead atoms. The first-order valence-electron chi connectivity index (χ1n) is 5.11. The van der Waals surface area contributed by atoms with Crippen LogP contribution in [0.4, 0.5) is 0 Å². The number of carbonyl (C=O) groups is 1. The Morgan fingerprint density at radius 1 is 1.25 bits per heavy atom. The van der Waals surface area contributed by atoms with Gasteiger partial charge in [-0.3, -0.25) is 4.79 Å². The van der Waals surface area contributed by atoms with E-state index in [2.05, 4.69) is 0 Å². The molecular weight excluding hydrogens is 204 g/mol. The molecule has 3 nitrogen and oxygen atoms in total. The van der Waals surface area contributed by atoms with Gasteiger partial charge in [-0.15, -0.1) is 0 Å². The first-order valence-corrected chi connectivity index (χ1v) is 5.11. The number of hydrogen-bond acceptors (Lipinski definition) is 3. The van der Waals surface area contributed by atoms with Crippen LogP contribution in [0, 0.1) is 0 Å². The molecule has 0 fully saturated rings. The zero-order valence-corrected chi connectivity index (χ0v) is 9.40. The SMILES string of the molecule is COCC1=CC1(C(=O)OC)c1ccccc1. The normalized spacial score (nSPS) is 22.5. The monoisotopic (exact) mass is 218 g/mol. The molecule has 0 aromatic heterocycles. The van der Waals surface area contributed by atoms with Crippen LogP contribution in [0.15, 0.2) is 42.0 Å². The van der Waals surface area contributed by atoms with E-state index < -0.39 is 5.41 Å². The largest absolute Gasteiger partial charge is 0.468 e. The molecule has 0 saturated heterocycles. The average Bonchev–Trinajstić information content (AvgIpc) is 3.05. The lowest BCUT2D eigenvalue weighted by atomic mass is 9.90. The van der Waals surface area contributed by atoms with E-state index in [0.717, 1.165) is 11.1 Å². The summed E-state index contributed by atoms with van der Waals surface area (Å²) in [7, 11) is 3.02. The number of hydrogen-bond donors (Lipinski definition) is 0. The van der Waals surface area contributed by atoms with Gasteiger partial charge in [0, 0.05) is 7.11 Å². The number of ether oxygens (including phenoxy) is 2. The molecule has 0 aliphatic heterocycles. The summed E-state index contributed by atoms with van der Waals surface area (Å²) >= 11 is 0. The van der Waals surface area contributed by atoms with E-state index in [1.807, 2.05) is 36.4 Å². The third kappa shape index (κ3) is 1.53. The van der Waals surface area contributed by atoms with Crippen molar-refractivity contribution >= 4 is 5.97 Å². The molecule has 1 unspecified atom stereocenters. The van der Waals surface area contributed by atoms with Gasteiger partial charge < -0.3 is 9.47 Å². The van der Waals surface area contributed by atoms with E-state index in [0.29, 0.717) is 6.61 Å². The van der Waals surface area contributed by atoms with Crippen LogP contribution in [-0.4, -0.2) is 26.8 Å². The van der Waals surface area contributed by atoms with Gasteiger partial charge in [-0.1, -0.05) is 36.4 Å². The van der Waals surface area contributed by atoms with Crippen LogP contribution in [0.2, 0.25) is 0 Å². The van der Waals surface area contributed by atoms with Crippen LogP contribution in [0.3, 0.4) is 0 Å². The predicted molar refractivity (Wildman–Crippen MR) is 60.1 cm³/mol. The summed E-state index contributed by atoms with van der Waals surface area (Å²) in [5.41, 5.74) is 1.23. The molecule has 1 aromatic carbocycles. The number of carbonyl (C=O) groups excluding carboxylic acids is 1. The summed E-state index contributed by atoms with van der Waals surface area (Å²) in [6.45, 7) is 0.462. The van der Waals surface area contributed by atoms with Crippen molar-refractivity contribution in [1.29, 1.82) is 0 Å². The van der Waals surface area contributed by atoms with Crippen LogP contribution < -0.4 is 0 Å². The van der Waals surface area contributed by atoms with E-state index in [1.165, 1.54) is 7.11 Å². The van der Waals surface area contributed by atoms with E-state index in [1.54, 1.807) is 7.11 Å². The maximum atomic E-state index is 11.9. The fourth-order valence-corrected chi connectivity index (χ4v) is 1.97. The van der Waals surface area contributed by atoms with Gasteiger partial charge in [-0.2, -0.15) is 0 Å². The first kappa shape index (κ1) is 10.9. The number of rotatable bonds is 4. The summed E-state index contributed by atoms with van der Waals surface area (Å²) in [4.78, 5) is 11.9. The summed E-state index contributed by atoms with van der Waals surface area (Å²) < 4.78 is 9.92. The molecule has 0 heterocycles. The Balaban J connectivity index is 2.30. The fraction of sp³-hybridized carbons (Fsp3) is 0.308. The maximum Gasteiger partial charge on any atom is 0.324 e. The molecule has 0 spiro atoms. The minimum Gasteiger partial charge on any atom is -0.468 e. The molecule has 3 heteroatoms. The van der Waals surface area contributed by atoms with Gasteiger partial charge in [0.2, 0.25) is 0 Å². The molecule has 16 heavy (non-hydrogen) atoms. The highest BCUT2D eigenvalue weighted by atomic mass is 16.5. The lowest BCUT2D eigenvalue weighted by Gasteiger charge is -2.16. The average molecular weight is 218 g/mol. The summed E-state index contributed by atoms with van der Waals surface area (Å²) in [6.07, 6.45) is 1.90. The van der Waals surface area contributed by atoms with Crippen molar-refractivity contribution in [2.75, 3.05) is 20.8 Å². The predicted octanol–water partition coefficient (Wildman–Crippen LogP) is 1.68. The van der Waals surface area contributed by atoms with Crippen molar-refractivity contribution in [2.24, 2.45) is 0 Å². The van der Waals surface area contributed by atoms with E-state index >= 15 is 0 Å². The van der Waals surface area contributed by atoms with Crippen molar-refractivity contribution in [3.05, 3.63) is 47.5 Å². The summed E-state index contributed by atoms with van der Waals surface area (Å²) in [5, 5.41) is 0. The Morgan fingerprint density at radius 3 is 2.50 bits per heavy atom. The Hall–Kier alpha value is -1.61. The number of esters is 1. The first-order chi connectivity index (χ1) is 7.75. The lowest BCUT2D eigenvalue weighted by Crippen LogP contribution is -2.26. The number of methoxy groups -OCH3 is 2. The summed E-state index contributed by atoms with van der Waals surface area (Å²) in [6, 6.07) is 9.60.